The summed E-state index contributed by atoms with van der Waals surface area (Å²) in [5, 5.41) is 6.29. The third kappa shape index (κ3) is 5.05. The molecule has 2 saturated heterocycles. The van der Waals surface area contributed by atoms with E-state index in [0.717, 1.165) is 38.0 Å². The van der Waals surface area contributed by atoms with E-state index in [0.29, 0.717) is 25.7 Å². The first-order valence-corrected chi connectivity index (χ1v) is 9.69. The molecule has 6 nitrogen and oxygen atoms in total. The number of carbonyl (C=O) groups excluding carboxylic acids is 2. The molecule has 0 saturated carbocycles. The van der Waals surface area contributed by atoms with Gasteiger partial charge in [-0.15, -0.1) is 0 Å². The number of nitrogens with zero attached hydrogens (tertiary/aromatic N) is 2. The van der Waals surface area contributed by atoms with Crippen LogP contribution in [0.2, 0.25) is 0 Å². The number of amides is 2. The summed E-state index contributed by atoms with van der Waals surface area (Å²) in [5.74, 6) is 0.253. The van der Waals surface area contributed by atoms with Crippen LogP contribution in [0, 0.1) is 5.92 Å². The standard InChI is InChI=1S/C20H30N4O2/c1-21-18-8-5-11-23(14-18)15-19(25)24-12-9-16(10-13-24)20(26)22-17-6-3-2-4-7-17/h2-4,6-7,16,18,21H,5,8-15H2,1H3,(H,22,26). The molecule has 0 aliphatic carbocycles. The summed E-state index contributed by atoms with van der Waals surface area (Å²) in [6.07, 6.45) is 3.80. The van der Waals surface area contributed by atoms with E-state index in [2.05, 4.69) is 15.5 Å². The Morgan fingerprint density at radius 3 is 2.50 bits per heavy atom. The summed E-state index contributed by atoms with van der Waals surface area (Å²) in [7, 11) is 1.99. The Hall–Kier alpha value is -1.92. The number of anilines is 1. The zero-order valence-electron chi connectivity index (χ0n) is 15.6. The molecule has 0 aromatic heterocycles. The lowest BCUT2D eigenvalue weighted by molar-refractivity contribution is -0.135. The second-order valence-electron chi connectivity index (χ2n) is 7.37. The Morgan fingerprint density at radius 1 is 1.08 bits per heavy atom. The Balaban J connectivity index is 1.43. The smallest absolute Gasteiger partial charge is 0.236 e. The first-order chi connectivity index (χ1) is 12.7. The van der Waals surface area contributed by atoms with Crippen LogP contribution < -0.4 is 10.6 Å². The van der Waals surface area contributed by atoms with Gasteiger partial charge < -0.3 is 15.5 Å². The van der Waals surface area contributed by atoms with Crippen LogP contribution in [0.1, 0.15) is 25.7 Å². The van der Waals surface area contributed by atoms with Gasteiger partial charge in [0, 0.05) is 37.3 Å². The van der Waals surface area contributed by atoms with Crippen molar-refractivity contribution in [2.24, 2.45) is 5.92 Å². The maximum absolute atomic E-state index is 12.6. The first-order valence-electron chi connectivity index (χ1n) is 9.69. The van der Waals surface area contributed by atoms with Crippen LogP contribution in [0.5, 0.6) is 0 Å². The van der Waals surface area contributed by atoms with Gasteiger partial charge >= 0.3 is 0 Å². The molecule has 26 heavy (non-hydrogen) atoms. The van der Waals surface area contributed by atoms with E-state index in [4.69, 9.17) is 0 Å². The highest BCUT2D eigenvalue weighted by Crippen LogP contribution is 2.20. The lowest BCUT2D eigenvalue weighted by Gasteiger charge is -2.35. The van der Waals surface area contributed by atoms with Gasteiger partial charge in [-0.3, -0.25) is 14.5 Å². The number of nitrogens with one attached hydrogen (secondary N) is 2. The second-order valence-corrected chi connectivity index (χ2v) is 7.37. The van der Waals surface area contributed by atoms with E-state index in [-0.39, 0.29) is 17.7 Å². The fourth-order valence-electron chi connectivity index (χ4n) is 3.88. The minimum absolute atomic E-state index is 0.0112. The van der Waals surface area contributed by atoms with Gasteiger partial charge in [0.2, 0.25) is 11.8 Å². The van der Waals surface area contributed by atoms with Crippen LogP contribution >= 0.6 is 0 Å². The van der Waals surface area contributed by atoms with E-state index < -0.39 is 0 Å². The fraction of sp³-hybridized carbons (Fsp3) is 0.600. The molecule has 142 valence electrons. The molecule has 1 unspecified atom stereocenters. The average Bonchev–Trinajstić information content (AvgIpc) is 2.69. The Kier molecular flexibility index (Phi) is 6.63. The molecule has 2 heterocycles. The van der Waals surface area contributed by atoms with E-state index in [9.17, 15) is 9.59 Å². The van der Waals surface area contributed by atoms with Gasteiger partial charge in [-0.2, -0.15) is 0 Å². The summed E-state index contributed by atoms with van der Waals surface area (Å²) < 4.78 is 0. The normalized spacial score (nSPS) is 22.2. The van der Waals surface area contributed by atoms with Crippen molar-refractivity contribution in [2.75, 3.05) is 45.1 Å². The van der Waals surface area contributed by atoms with Crippen molar-refractivity contribution in [3.05, 3.63) is 30.3 Å². The van der Waals surface area contributed by atoms with E-state index in [1.165, 1.54) is 6.42 Å². The van der Waals surface area contributed by atoms with Gasteiger partial charge in [0.15, 0.2) is 0 Å². The predicted octanol–water partition coefficient (Wildman–Crippen LogP) is 1.55. The zero-order valence-corrected chi connectivity index (χ0v) is 15.6. The number of hydrogen-bond donors (Lipinski definition) is 2. The number of piperidine rings is 2. The fourth-order valence-corrected chi connectivity index (χ4v) is 3.88. The summed E-state index contributed by atoms with van der Waals surface area (Å²) in [4.78, 5) is 29.2. The highest BCUT2D eigenvalue weighted by Gasteiger charge is 2.29. The lowest BCUT2D eigenvalue weighted by Crippen LogP contribution is -2.50. The van der Waals surface area contributed by atoms with Crippen LogP contribution in [-0.4, -0.2) is 67.4 Å². The monoisotopic (exact) mass is 358 g/mol. The maximum atomic E-state index is 12.6. The summed E-state index contributed by atoms with van der Waals surface area (Å²) >= 11 is 0. The summed E-state index contributed by atoms with van der Waals surface area (Å²) in [5.41, 5.74) is 0.834. The molecule has 0 spiro atoms. The van der Waals surface area contributed by atoms with Crippen molar-refractivity contribution in [1.29, 1.82) is 0 Å². The molecule has 2 N–H and O–H groups in total. The molecular formula is C20H30N4O2. The van der Waals surface area contributed by atoms with Gasteiger partial charge in [0.1, 0.15) is 0 Å². The van der Waals surface area contributed by atoms with Crippen molar-refractivity contribution in [3.8, 4) is 0 Å². The molecule has 2 aliphatic rings. The van der Waals surface area contributed by atoms with Crippen LogP contribution in [-0.2, 0) is 9.59 Å². The molecule has 6 heteroatoms. The predicted molar refractivity (Wildman–Crippen MR) is 103 cm³/mol. The molecule has 1 aromatic rings. The van der Waals surface area contributed by atoms with Gasteiger partial charge in [0.05, 0.1) is 6.54 Å². The first kappa shape index (κ1) is 18.9. The van der Waals surface area contributed by atoms with E-state index >= 15 is 0 Å². The molecule has 0 bridgehead atoms. The number of hydrogen-bond acceptors (Lipinski definition) is 4. The van der Waals surface area contributed by atoms with Crippen LogP contribution in [0.3, 0.4) is 0 Å². The Labute approximate surface area is 155 Å². The van der Waals surface area contributed by atoms with Crippen molar-refractivity contribution in [1.82, 2.24) is 15.1 Å². The number of likely N-dealkylation sites (tertiary alicyclic amines) is 2. The highest BCUT2D eigenvalue weighted by molar-refractivity contribution is 5.92. The quantitative estimate of drug-likeness (QED) is 0.838. The molecule has 1 atom stereocenters. The maximum Gasteiger partial charge on any atom is 0.236 e. The third-order valence-corrected chi connectivity index (χ3v) is 5.53. The minimum atomic E-state index is -0.0112. The summed E-state index contributed by atoms with van der Waals surface area (Å²) in [6.45, 7) is 3.79. The van der Waals surface area contributed by atoms with Crippen molar-refractivity contribution >= 4 is 17.5 Å². The second kappa shape index (κ2) is 9.14. The highest BCUT2D eigenvalue weighted by atomic mass is 16.2. The minimum Gasteiger partial charge on any atom is -0.342 e. The van der Waals surface area contributed by atoms with Crippen molar-refractivity contribution in [3.63, 3.8) is 0 Å². The molecular weight excluding hydrogens is 328 g/mol. The zero-order chi connectivity index (χ0) is 18.4. The van der Waals surface area contributed by atoms with Crippen LogP contribution in [0.25, 0.3) is 0 Å². The van der Waals surface area contributed by atoms with Crippen molar-refractivity contribution in [2.45, 2.75) is 31.7 Å². The lowest BCUT2D eigenvalue weighted by atomic mass is 9.95. The van der Waals surface area contributed by atoms with Gasteiger partial charge in [-0.05, 0) is 51.4 Å². The molecule has 2 amide bonds. The van der Waals surface area contributed by atoms with Gasteiger partial charge in [0.25, 0.3) is 0 Å². The van der Waals surface area contributed by atoms with Crippen LogP contribution in [0.15, 0.2) is 30.3 Å². The molecule has 0 radical (unpaired) electrons. The molecule has 2 fully saturated rings. The van der Waals surface area contributed by atoms with Gasteiger partial charge in [-0.25, -0.2) is 0 Å². The number of benzene rings is 1. The Morgan fingerprint density at radius 2 is 1.81 bits per heavy atom. The molecule has 2 aliphatic heterocycles. The van der Waals surface area contributed by atoms with E-state index in [1.807, 2.05) is 42.3 Å². The van der Waals surface area contributed by atoms with Crippen LogP contribution in [0.4, 0.5) is 5.69 Å². The average molecular weight is 358 g/mol. The topological polar surface area (TPSA) is 64.7 Å². The SMILES string of the molecule is CNC1CCCN(CC(=O)N2CCC(C(=O)Nc3ccccc3)CC2)C1. The van der Waals surface area contributed by atoms with Crippen molar-refractivity contribution < 1.29 is 9.59 Å². The molecule has 3 rings (SSSR count). The van der Waals surface area contributed by atoms with Gasteiger partial charge in [-0.1, -0.05) is 18.2 Å². The number of para-hydroxylation sites is 1. The van der Waals surface area contributed by atoms with E-state index in [1.54, 1.807) is 0 Å². The Bertz CT molecular complexity index is 599. The summed E-state index contributed by atoms with van der Waals surface area (Å²) in [6, 6.07) is 10.0. The third-order valence-electron chi connectivity index (χ3n) is 5.53. The number of carbonyl (C=O) groups is 2. The number of likely N-dealkylation sites (N-methyl/N-ethyl adjacent to an activating group) is 1. The largest absolute Gasteiger partial charge is 0.342 e. The molecule has 1 aromatic carbocycles. The number of rotatable bonds is 5.